The van der Waals surface area contributed by atoms with Crippen molar-refractivity contribution in [1.29, 1.82) is 0 Å². The fourth-order valence-electron chi connectivity index (χ4n) is 2.58. The van der Waals surface area contributed by atoms with Crippen molar-refractivity contribution in [1.82, 2.24) is 15.8 Å². The lowest BCUT2D eigenvalue weighted by Crippen LogP contribution is -2.47. The Hall–Kier alpha value is -1.44. The molecule has 7 heteroatoms. The SMILES string of the molecule is O=C(CN1CCCC1CCCO)NNC(=O)c1cccs1. The molecule has 0 radical (unpaired) electrons. The lowest BCUT2D eigenvalue weighted by atomic mass is 10.1. The molecule has 0 aromatic carbocycles. The third-order valence-electron chi connectivity index (χ3n) is 3.60. The molecule has 0 spiro atoms. The van der Waals surface area contributed by atoms with Gasteiger partial charge >= 0.3 is 0 Å². The zero-order valence-corrected chi connectivity index (χ0v) is 12.7. The van der Waals surface area contributed by atoms with E-state index in [-0.39, 0.29) is 25.0 Å². The number of rotatable bonds is 6. The van der Waals surface area contributed by atoms with Crippen LogP contribution >= 0.6 is 11.3 Å². The van der Waals surface area contributed by atoms with E-state index in [9.17, 15) is 9.59 Å². The minimum atomic E-state index is -0.295. The molecule has 1 unspecified atom stereocenters. The smallest absolute Gasteiger partial charge is 0.279 e. The van der Waals surface area contributed by atoms with Crippen LogP contribution in [0.4, 0.5) is 0 Å². The van der Waals surface area contributed by atoms with E-state index in [1.807, 2.05) is 5.38 Å². The first kappa shape index (κ1) is 15.9. The summed E-state index contributed by atoms with van der Waals surface area (Å²) in [4.78, 5) is 26.3. The summed E-state index contributed by atoms with van der Waals surface area (Å²) in [5.74, 6) is -0.507. The van der Waals surface area contributed by atoms with E-state index in [0.717, 1.165) is 32.2 Å². The largest absolute Gasteiger partial charge is 0.396 e. The van der Waals surface area contributed by atoms with Crippen LogP contribution in [0, 0.1) is 0 Å². The average molecular weight is 311 g/mol. The second kappa shape index (κ2) is 8.11. The summed E-state index contributed by atoms with van der Waals surface area (Å²) in [6.45, 7) is 1.36. The molecule has 1 aliphatic heterocycles. The number of aliphatic hydroxyl groups excluding tert-OH is 1. The molecule has 1 saturated heterocycles. The first-order chi connectivity index (χ1) is 10.2. The summed E-state index contributed by atoms with van der Waals surface area (Å²) < 4.78 is 0. The molecule has 2 heterocycles. The molecular formula is C14H21N3O3S. The molecule has 6 nitrogen and oxygen atoms in total. The molecule has 1 aromatic heterocycles. The molecule has 1 fully saturated rings. The van der Waals surface area contributed by atoms with Crippen LogP contribution in [0.3, 0.4) is 0 Å². The molecule has 1 aliphatic rings. The number of aliphatic hydroxyl groups is 1. The first-order valence-electron chi connectivity index (χ1n) is 7.18. The van der Waals surface area contributed by atoms with Gasteiger partial charge in [-0.3, -0.25) is 25.3 Å². The Labute approximate surface area is 128 Å². The van der Waals surface area contributed by atoms with Crippen molar-refractivity contribution >= 4 is 23.2 Å². The molecule has 3 N–H and O–H groups in total. The molecule has 2 amide bonds. The van der Waals surface area contributed by atoms with Gasteiger partial charge in [0, 0.05) is 12.6 Å². The predicted octanol–water partition coefficient (Wildman–Crippen LogP) is 0.746. The van der Waals surface area contributed by atoms with E-state index in [1.54, 1.807) is 12.1 Å². The number of likely N-dealkylation sites (tertiary alicyclic amines) is 1. The van der Waals surface area contributed by atoms with Crippen LogP contribution in [0.1, 0.15) is 35.4 Å². The summed E-state index contributed by atoms with van der Waals surface area (Å²) in [6, 6.07) is 3.85. The van der Waals surface area contributed by atoms with Gasteiger partial charge < -0.3 is 5.11 Å². The van der Waals surface area contributed by atoms with Crippen molar-refractivity contribution in [2.75, 3.05) is 19.7 Å². The monoisotopic (exact) mass is 311 g/mol. The predicted molar refractivity (Wildman–Crippen MR) is 80.8 cm³/mol. The zero-order chi connectivity index (χ0) is 15.1. The van der Waals surface area contributed by atoms with Crippen molar-refractivity contribution in [3.05, 3.63) is 22.4 Å². The molecule has 116 valence electrons. The van der Waals surface area contributed by atoms with Crippen molar-refractivity contribution in [3.63, 3.8) is 0 Å². The number of amides is 2. The number of carbonyl (C=O) groups is 2. The summed E-state index contributed by atoms with van der Waals surface area (Å²) in [7, 11) is 0. The van der Waals surface area contributed by atoms with Crippen molar-refractivity contribution < 1.29 is 14.7 Å². The van der Waals surface area contributed by atoms with Gasteiger partial charge in [-0.25, -0.2) is 0 Å². The number of carbonyl (C=O) groups excluding carboxylic acids is 2. The van der Waals surface area contributed by atoms with Gasteiger partial charge in [0.2, 0.25) is 0 Å². The maximum atomic E-state index is 11.9. The Kier molecular flexibility index (Phi) is 6.16. The van der Waals surface area contributed by atoms with E-state index in [4.69, 9.17) is 5.11 Å². The molecule has 0 aliphatic carbocycles. The van der Waals surface area contributed by atoms with E-state index < -0.39 is 0 Å². The van der Waals surface area contributed by atoms with Crippen LogP contribution in [-0.2, 0) is 4.79 Å². The van der Waals surface area contributed by atoms with Gasteiger partial charge in [0.25, 0.3) is 11.8 Å². The highest BCUT2D eigenvalue weighted by atomic mass is 32.1. The van der Waals surface area contributed by atoms with E-state index in [1.165, 1.54) is 11.3 Å². The van der Waals surface area contributed by atoms with Gasteiger partial charge in [-0.2, -0.15) is 0 Å². The normalized spacial score (nSPS) is 18.6. The van der Waals surface area contributed by atoms with Crippen molar-refractivity contribution in [2.24, 2.45) is 0 Å². The first-order valence-corrected chi connectivity index (χ1v) is 8.06. The number of thiophene rings is 1. The molecule has 21 heavy (non-hydrogen) atoms. The van der Waals surface area contributed by atoms with Crippen LogP contribution in [0.15, 0.2) is 17.5 Å². The topological polar surface area (TPSA) is 81.7 Å². The van der Waals surface area contributed by atoms with Crippen molar-refractivity contribution in [2.45, 2.75) is 31.7 Å². The Morgan fingerprint density at radius 3 is 3.00 bits per heavy atom. The highest BCUT2D eigenvalue weighted by molar-refractivity contribution is 7.12. The fraction of sp³-hybridized carbons (Fsp3) is 0.571. The Morgan fingerprint density at radius 2 is 2.29 bits per heavy atom. The van der Waals surface area contributed by atoms with Gasteiger partial charge in [-0.05, 0) is 43.7 Å². The quantitative estimate of drug-likeness (QED) is 0.677. The minimum absolute atomic E-state index is 0.188. The molecule has 2 rings (SSSR count). The van der Waals surface area contributed by atoms with Gasteiger partial charge in [0.05, 0.1) is 11.4 Å². The number of hydrogen-bond donors (Lipinski definition) is 3. The number of nitrogens with zero attached hydrogens (tertiary/aromatic N) is 1. The van der Waals surface area contributed by atoms with Crippen LogP contribution in [-0.4, -0.2) is 47.6 Å². The summed E-state index contributed by atoms with van der Waals surface area (Å²) >= 11 is 1.33. The highest BCUT2D eigenvalue weighted by Crippen LogP contribution is 2.20. The Balaban J connectivity index is 1.72. The maximum absolute atomic E-state index is 11.9. The van der Waals surface area contributed by atoms with Gasteiger partial charge in [-0.15, -0.1) is 11.3 Å². The van der Waals surface area contributed by atoms with Gasteiger partial charge in [-0.1, -0.05) is 6.07 Å². The lowest BCUT2D eigenvalue weighted by Gasteiger charge is -2.23. The van der Waals surface area contributed by atoms with Crippen LogP contribution in [0.5, 0.6) is 0 Å². The van der Waals surface area contributed by atoms with Gasteiger partial charge in [0.1, 0.15) is 0 Å². The summed E-state index contributed by atoms with van der Waals surface area (Å²) in [5.41, 5.74) is 4.87. The summed E-state index contributed by atoms with van der Waals surface area (Å²) in [6.07, 6.45) is 3.81. The molecule has 1 atom stereocenters. The number of hydrazine groups is 1. The minimum Gasteiger partial charge on any atom is -0.396 e. The lowest BCUT2D eigenvalue weighted by molar-refractivity contribution is -0.123. The van der Waals surface area contributed by atoms with Gasteiger partial charge in [0.15, 0.2) is 0 Å². The van der Waals surface area contributed by atoms with E-state index in [2.05, 4.69) is 15.8 Å². The van der Waals surface area contributed by atoms with Crippen LogP contribution in [0.2, 0.25) is 0 Å². The second-order valence-corrected chi connectivity index (χ2v) is 6.06. The zero-order valence-electron chi connectivity index (χ0n) is 11.9. The number of hydrogen-bond acceptors (Lipinski definition) is 5. The molecular weight excluding hydrogens is 290 g/mol. The third kappa shape index (κ3) is 4.80. The average Bonchev–Trinajstić information content (AvgIpc) is 3.14. The Bertz CT molecular complexity index is 464. The third-order valence-corrected chi connectivity index (χ3v) is 4.47. The van der Waals surface area contributed by atoms with Crippen molar-refractivity contribution in [3.8, 4) is 0 Å². The van der Waals surface area contributed by atoms with Crippen LogP contribution < -0.4 is 10.9 Å². The summed E-state index contributed by atoms with van der Waals surface area (Å²) in [5, 5.41) is 10.7. The standard InChI is InChI=1S/C14H21N3O3S/c18-8-2-5-11-4-1-7-17(11)10-13(19)15-16-14(20)12-6-3-9-21-12/h3,6,9,11,18H,1-2,4-5,7-8,10H2,(H,15,19)(H,16,20). The fourth-order valence-corrected chi connectivity index (χ4v) is 3.20. The number of nitrogens with one attached hydrogen (secondary N) is 2. The van der Waals surface area contributed by atoms with E-state index >= 15 is 0 Å². The van der Waals surface area contributed by atoms with E-state index in [0.29, 0.717) is 10.9 Å². The highest BCUT2D eigenvalue weighted by Gasteiger charge is 2.25. The molecule has 0 bridgehead atoms. The molecule has 0 saturated carbocycles. The molecule has 1 aromatic rings. The van der Waals surface area contributed by atoms with Crippen LogP contribution in [0.25, 0.3) is 0 Å². The Morgan fingerprint density at radius 1 is 1.43 bits per heavy atom. The second-order valence-electron chi connectivity index (χ2n) is 5.11. The maximum Gasteiger partial charge on any atom is 0.279 e.